The number of hydrazine groups is 1. The SMILES string of the molecule is CC1(C)SC([N+](=O)NC=O)N(c2ccc(Cl)c(Cl)c2)C1=O. The Balaban J connectivity index is 2.45. The van der Waals surface area contributed by atoms with Gasteiger partial charge in [-0.1, -0.05) is 28.6 Å². The first-order chi connectivity index (χ1) is 9.77. The van der Waals surface area contributed by atoms with Crippen molar-refractivity contribution in [3.63, 3.8) is 0 Å². The van der Waals surface area contributed by atoms with E-state index in [2.05, 4.69) is 0 Å². The Hall–Kier alpha value is -1.31. The minimum atomic E-state index is -0.921. The second kappa shape index (κ2) is 5.82. The summed E-state index contributed by atoms with van der Waals surface area (Å²) in [5.41, 5.74) is 1.51. The van der Waals surface area contributed by atoms with Gasteiger partial charge in [-0.05, 0) is 43.8 Å². The molecule has 2 rings (SSSR count). The number of rotatable bonds is 4. The summed E-state index contributed by atoms with van der Waals surface area (Å²) in [6.45, 7) is 3.42. The van der Waals surface area contributed by atoms with E-state index in [1.807, 2.05) is 5.43 Å². The molecule has 1 aromatic carbocycles. The van der Waals surface area contributed by atoms with Crippen molar-refractivity contribution in [3.8, 4) is 0 Å². The predicted octanol–water partition coefficient (Wildman–Crippen LogP) is 2.58. The molecule has 0 saturated carbocycles. The van der Waals surface area contributed by atoms with Crippen molar-refractivity contribution in [1.29, 1.82) is 0 Å². The van der Waals surface area contributed by atoms with Gasteiger partial charge < -0.3 is 0 Å². The van der Waals surface area contributed by atoms with E-state index in [-0.39, 0.29) is 17.3 Å². The molecular weight excluding hydrogens is 337 g/mol. The summed E-state index contributed by atoms with van der Waals surface area (Å²) in [6.07, 6.45) is 0.260. The molecule has 1 N–H and O–H groups in total. The van der Waals surface area contributed by atoms with Crippen molar-refractivity contribution in [2.75, 3.05) is 4.90 Å². The monoisotopic (exact) mass is 348 g/mol. The average Bonchev–Trinajstić information content (AvgIpc) is 2.65. The molecule has 0 bridgehead atoms. The van der Waals surface area contributed by atoms with Crippen LogP contribution in [0.1, 0.15) is 13.8 Å². The lowest BCUT2D eigenvalue weighted by Gasteiger charge is -2.18. The first kappa shape index (κ1) is 16.1. The molecule has 9 heteroatoms. The first-order valence-corrected chi connectivity index (χ1v) is 7.54. The highest BCUT2D eigenvalue weighted by atomic mass is 35.5. The van der Waals surface area contributed by atoms with Crippen molar-refractivity contribution >= 4 is 53.0 Å². The van der Waals surface area contributed by atoms with Crippen LogP contribution in [-0.4, -0.2) is 27.4 Å². The van der Waals surface area contributed by atoms with E-state index in [0.29, 0.717) is 15.6 Å². The first-order valence-electron chi connectivity index (χ1n) is 5.90. The molecule has 6 nitrogen and oxygen atoms in total. The van der Waals surface area contributed by atoms with E-state index in [9.17, 15) is 14.5 Å². The summed E-state index contributed by atoms with van der Waals surface area (Å²) in [5.74, 6) is -0.260. The molecule has 0 spiro atoms. The fourth-order valence-electron chi connectivity index (χ4n) is 1.91. The summed E-state index contributed by atoms with van der Waals surface area (Å²) >= 11 is 12.9. The second-order valence-electron chi connectivity index (χ2n) is 4.80. The number of halogens is 2. The number of hydrogen-bond acceptors (Lipinski definition) is 4. The Morgan fingerprint density at radius 3 is 2.62 bits per heavy atom. The lowest BCUT2D eigenvalue weighted by atomic mass is 10.1. The fourth-order valence-corrected chi connectivity index (χ4v) is 3.40. The van der Waals surface area contributed by atoms with Gasteiger partial charge in [0.1, 0.15) is 0 Å². The predicted molar refractivity (Wildman–Crippen MR) is 82.2 cm³/mol. The molecule has 0 aromatic heterocycles. The average molecular weight is 349 g/mol. The van der Waals surface area contributed by atoms with Crippen LogP contribution in [0.25, 0.3) is 0 Å². The molecule has 1 unspecified atom stereocenters. The van der Waals surface area contributed by atoms with Crippen molar-refractivity contribution in [3.05, 3.63) is 33.2 Å². The standard InChI is InChI=1S/C12H11Cl2N3O3S/c1-12(2)10(19)16(11(21-12)17(20)15-6-18)7-3-4-8(13)9(14)5-7/h3-6,11H,1-2H3/p+1. The minimum Gasteiger partial charge on any atom is -0.273 e. The molecule has 1 heterocycles. The van der Waals surface area contributed by atoms with Crippen molar-refractivity contribution in [2.45, 2.75) is 24.1 Å². The van der Waals surface area contributed by atoms with Crippen LogP contribution in [0, 0.1) is 4.91 Å². The molecule has 1 aliphatic rings. The van der Waals surface area contributed by atoms with E-state index >= 15 is 0 Å². The quantitative estimate of drug-likeness (QED) is 0.515. The molecular formula is C12H12Cl2N3O3S+. The normalized spacial score (nSPS) is 20.5. The number of thioether (sulfide) groups is 1. The van der Waals surface area contributed by atoms with Gasteiger partial charge in [0.15, 0.2) is 4.87 Å². The molecule has 21 heavy (non-hydrogen) atoms. The maximum atomic E-state index is 12.5. The zero-order chi connectivity index (χ0) is 15.8. The Bertz CT molecular complexity index is 624. The van der Waals surface area contributed by atoms with E-state index in [0.717, 1.165) is 11.8 Å². The Labute approximate surface area is 135 Å². The van der Waals surface area contributed by atoms with Gasteiger partial charge in [-0.3, -0.25) is 9.59 Å². The van der Waals surface area contributed by atoms with Crippen LogP contribution in [0.5, 0.6) is 0 Å². The van der Waals surface area contributed by atoms with Crippen LogP contribution < -0.4 is 10.3 Å². The summed E-state index contributed by atoms with van der Waals surface area (Å²) < 4.78 is -0.802. The minimum absolute atomic E-state index is 0.260. The van der Waals surface area contributed by atoms with Gasteiger partial charge in [-0.25, -0.2) is 4.90 Å². The Kier molecular flexibility index (Phi) is 4.46. The third-order valence-electron chi connectivity index (χ3n) is 2.92. The molecule has 2 amide bonds. The van der Waals surface area contributed by atoms with Gasteiger partial charge in [-0.15, -0.1) is 0 Å². The molecule has 0 radical (unpaired) electrons. The topological polar surface area (TPSA) is 69.5 Å². The largest absolute Gasteiger partial charge is 0.363 e. The molecule has 1 aromatic rings. The smallest absolute Gasteiger partial charge is 0.273 e. The number of nitrogens with one attached hydrogen (secondary N) is 1. The van der Waals surface area contributed by atoms with Gasteiger partial charge in [-0.2, -0.15) is 0 Å². The molecule has 1 atom stereocenters. The van der Waals surface area contributed by atoms with Gasteiger partial charge >= 0.3 is 5.50 Å². The third-order valence-corrected chi connectivity index (χ3v) is 5.03. The number of carbonyl (C=O) groups excluding carboxylic acids is 2. The lowest BCUT2D eigenvalue weighted by Crippen LogP contribution is -2.45. The number of carbonyl (C=O) groups is 2. The van der Waals surface area contributed by atoms with Crippen molar-refractivity contribution in [1.82, 2.24) is 5.43 Å². The Morgan fingerprint density at radius 1 is 1.38 bits per heavy atom. The number of benzene rings is 1. The summed E-state index contributed by atoms with van der Waals surface area (Å²) in [7, 11) is 0. The Morgan fingerprint density at radius 2 is 2.05 bits per heavy atom. The second-order valence-corrected chi connectivity index (χ2v) is 7.29. The lowest BCUT2D eigenvalue weighted by molar-refractivity contribution is -0.602. The number of nitroso groups, excluding NO2 is 1. The van der Waals surface area contributed by atoms with Crippen molar-refractivity contribution < 1.29 is 14.5 Å². The highest BCUT2D eigenvalue weighted by Gasteiger charge is 2.55. The van der Waals surface area contributed by atoms with Crippen LogP contribution >= 0.6 is 35.0 Å². The van der Waals surface area contributed by atoms with Crippen LogP contribution in [0.4, 0.5) is 5.69 Å². The number of hydrogen-bond donors (Lipinski definition) is 1. The van der Waals surface area contributed by atoms with Gasteiger partial charge in [0.05, 0.1) is 25.4 Å². The zero-order valence-electron chi connectivity index (χ0n) is 11.2. The molecule has 0 aliphatic carbocycles. The third kappa shape index (κ3) is 3.00. The highest BCUT2D eigenvalue weighted by Crippen LogP contribution is 2.43. The van der Waals surface area contributed by atoms with Gasteiger partial charge in [0.25, 0.3) is 6.41 Å². The summed E-state index contributed by atoms with van der Waals surface area (Å²) in [5, 5.41) is 0.622. The van der Waals surface area contributed by atoms with Crippen molar-refractivity contribution in [2.24, 2.45) is 0 Å². The van der Waals surface area contributed by atoms with E-state index < -0.39 is 10.2 Å². The van der Waals surface area contributed by atoms with E-state index in [1.54, 1.807) is 26.0 Å². The molecule has 1 fully saturated rings. The van der Waals surface area contributed by atoms with Gasteiger partial charge in [0, 0.05) is 0 Å². The zero-order valence-corrected chi connectivity index (χ0v) is 13.5. The number of amides is 2. The fraction of sp³-hybridized carbons (Fsp3) is 0.333. The summed E-state index contributed by atoms with van der Waals surface area (Å²) in [4.78, 5) is 36.5. The van der Waals surface area contributed by atoms with Crippen LogP contribution in [0.15, 0.2) is 18.2 Å². The number of nitrogens with zero attached hydrogens (tertiary/aromatic N) is 2. The molecule has 112 valence electrons. The van der Waals surface area contributed by atoms with Crippen LogP contribution in [0.3, 0.4) is 0 Å². The molecule has 1 saturated heterocycles. The maximum absolute atomic E-state index is 12.5. The summed E-state index contributed by atoms with van der Waals surface area (Å²) in [6, 6.07) is 4.64. The van der Waals surface area contributed by atoms with Crippen LogP contribution in [0.2, 0.25) is 10.0 Å². The van der Waals surface area contributed by atoms with E-state index in [1.165, 1.54) is 11.0 Å². The van der Waals surface area contributed by atoms with E-state index in [4.69, 9.17) is 23.2 Å². The van der Waals surface area contributed by atoms with Crippen LogP contribution in [-0.2, 0) is 9.59 Å². The highest BCUT2D eigenvalue weighted by molar-refractivity contribution is 8.02. The number of anilines is 1. The van der Waals surface area contributed by atoms with Gasteiger partial charge in [0.2, 0.25) is 5.91 Å². The maximum Gasteiger partial charge on any atom is 0.363 e. The molecule has 1 aliphatic heterocycles.